The fourth-order valence-electron chi connectivity index (χ4n) is 1.59. The highest BCUT2D eigenvalue weighted by Gasteiger charge is 2.25. The number of benzene rings is 1. The molecule has 5 heteroatoms. The van der Waals surface area contributed by atoms with Crippen molar-refractivity contribution in [1.82, 2.24) is 5.32 Å². The van der Waals surface area contributed by atoms with Crippen LogP contribution in [-0.2, 0) is 6.42 Å². The van der Waals surface area contributed by atoms with Crippen molar-refractivity contribution in [3.63, 3.8) is 0 Å². The van der Waals surface area contributed by atoms with E-state index in [0.717, 1.165) is 0 Å². The second kappa shape index (κ2) is 5.89. The van der Waals surface area contributed by atoms with Gasteiger partial charge < -0.3 is 10.4 Å². The summed E-state index contributed by atoms with van der Waals surface area (Å²) in [6, 6.07) is 2.51. The molecular weight excluding hydrogens is 292 g/mol. The molecule has 0 fully saturated rings. The number of hydrogen-bond donors (Lipinski definition) is 2. The molecule has 1 rings (SSSR count). The molecule has 1 aromatic rings. The summed E-state index contributed by atoms with van der Waals surface area (Å²) in [6.45, 7) is 2.16. The fourth-order valence-corrected chi connectivity index (χ4v) is 1.97. The Bertz CT molecular complexity index is 396. The van der Waals surface area contributed by atoms with Crippen LogP contribution in [0.4, 0.5) is 8.78 Å². The van der Waals surface area contributed by atoms with E-state index in [1.165, 1.54) is 12.1 Å². The molecule has 1 aromatic carbocycles. The van der Waals surface area contributed by atoms with E-state index in [1.807, 2.05) is 0 Å². The van der Waals surface area contributed by atoms with Gasteiger partial charge in [0, 0.05) is 12.0 Å². The van der Waals surface area contributed by atoms with E-state index in [4.69, 9.17) is 0 Å². The Balaban J connectivity index is 2.91. The highest BCUT2D eigenvalue weighted by Crippen LogP contribution is 2.26. The average molecular weight is 308 g/mol. The van der Waals surface area contributed by atoms with Crippen molar-refractivity contribution in [1.29, 1.82) is 0 Å². The average Bonchev–Trinajstić information content (AvgIpc) is 2.27. The van der Waals surface area contributed by atoms with Gasteiger partial charge in [0.1, 0.15) is 11.6 Å². The summed E-state index contributed by atoms with van der Waals surface area (Å²) in [5, 5.41) is 12.9. The maximum atomic E-state index is 13.7. The van der Waals surface area contributed by atoms with Crippen molar-refractivity contribution in [2.75, 3.05) is 13.6 Å². The molecule has 1 atom stereocenters. The Morgan fingerprint density at radius 3 is 2.65 bits per heavy atom. The molecular formula is C12H16BrF2NO. The van der Waals surface area contributed by atoms with Crippen LogP contribution in [0.3, 0.4) is 0 Å². The van der Waals surface area contributed by atoms with Gasteiger partial charge in [0.25, 0.3) is 0 Å². The highest BCUT2D eigenvalue weighted by molar-refractivity contribution is 9.10. The highest BCUT2D eigenvalue weighted by atomic mass is 79.9. The summed E-state index contributed by atoms with van der Waals surface area (Å²) in [4.78, 5) is 0. The number of aliphatic hydroxyl groups is 1. The summed E-state index contributed by atoms with van der Waals surface area (Å²) < 4.78 is 27.4. The maximum Gasteiger partial charge on any atom is 0.143 e. The van der Waals surface area contributed by atoms with Gasteiger partial charge in [-0.25, -0.2) is 8.78 Å². The van der Waals surface area contributed by atoms with Crippen LogP contribution in [0, 0.1) is 11.6 Å². The van der Waals surface area contributed by atoms with E-state index < -0.39 is 17.2 Å². The second-order valence-corrected chi connectivity index (χ2v) is 5.20. The molecule has 0 aliphatic carbocycles. The van der Waals surface area contributed by atoms with E-state index in [9.17, 15) is 13.9 Å². The second-order valence-electron chi connectivity index (χ2n) is 4.35. The summed E-state index contributed by atoms with van der Waals surface area (Å²) >= 11 is 3.00. The molecule has 0 amide bonds. The van der Waals surface area contributed by atoms with Crippen molar-refractivity contribution in [2.45, 2.75) is 25.4 Å². The molecule has 0 radical (unpaired) electrons. The molecule has 0 bridgehead atoms. The van der Waals surface area contributed by atoms with Gasteiger partial charge in [-0.1, -0.05) is 0 Å². The fraction of sp³-hybridized carbons (Fsp3) is 0.500. The minimum atomic E-state index is -1.13. The zero-order valence-corrected chi connectivity index (χ0v) is 11.4. The third kappa shape index (κ3) is 4.01. The van der Waals surface area contributed by atoms with Crippen molar-refractivity contribution in [2.24, 2.45) is 0 Å². The molecule has 96 valence electrons. The minimum Gasteiger partial charge on any atom is -0.390 e. The summed E-state index contributed by atoms with van der Waals surface area (Å²) in [5.41, 5.74) is -1.22. The van der Waals surface area contributed by atoms with Crippen molar-refractivity contribution < 1.29 is 13.9 Å². The number of hydrogen-bond acceptors (Lipinski definition) is 2. The third-order valence-corrected chi connectivity index (χ3v) is 3.22. The standard InChI is InChI=1S/C12H16BrF2NO/c1-12(17,5-6-16-2)7-8-10(14)4-3-9(13)11(8)15/h3-4,16-17H,5-7H2,1-2H3. The predicted octanol–water partition coefficient (Wildman–Crippen LogP) is 2.63. The largest absolute Gasteiger partial charge is 0.390 e. The smallest absolute Gasteiger partial charge is 0.143 e. The van der Waals surface area contributed by atoms with Gasteiger partial charge in [-0.15, -0.1) is 0 Å². The molecule has 0 saturated heterocycles. The lowest BCUT2D eigenvalue weighted by molar-refractivity contribution is 0.0502. The Morgan fingerprint density at radius 2 is 2.06 bits per heavy atom. The Morgan fingerprint density at radius 1 is 1.41 bits per heavy atom. The molecule has 1 unspecified atom stereocenters. The van der Waals surface area contributed by atoms with Gasteiger partial charge >= 0.3 is 0 Å². The Hall–Kier alpha value is -0.520. The van der Waals surface area contributed by atoms with Crippen LogP contribution >= 0.6 is 15.9 Å². The van der Waals surface area contributed by atoms with Crippen LogP contribution in [-0.4, -0.2) is 24.3 Å². The summed E-state index contributed by atoms with van der Waals surface area (Å²) in [5.74, 6) is -1.27. The van der Waals surface area contributed by atoms with Crippen LogP contribution in [0.25, 0.3) is 0 Å². The molecule has 2 nitrogen and oxygen atoms in total. The molecule has 0 aliphatic rings. The first-order valence-electron chi connectivity index (χ1n) is 5.37. The monoisotopic (exact) mass is 307 g/mol. The topological polar surface area (TPSA) is 32.3 Å². The summed E-state index contributed by atoms with van der Waals surface area (Å²) in [7, 11) is 1.76. The molecule has 0 aliphatic heterocycles. The quantitative estimate of drug-likeness (QED) is 0.820. The number of nitrogens with one attached hydrogen (secondary N) is 1. The Kier molecular flexibility index (Phi) is 5.04. The van der Waals surface area contributed by atoms with E-state index in [0.29, 0.717) is 13.0 Å². The Labute approximate surface area is 108 Å². The molecule has 0 aromatic heterocycles. The predicted molar refractivity (Wildman–Crippen MR) is 66.9 cm³/mol. The van der Waals surface area contributed by atoms with E-state index in [2.05, 4.69) is 21.2 Å². The van der Waals surface area contributed by atoms with Gasteiger partial charge in [-0.2, -0.15) is 0 Å². The van der Waals surface area contributed by atoms with Crippen molar-refractivity contribution in [3.8, 4) is 0 Å². The van der Waals surface area contributed by atoms with Gasteiger partial charge in [0.2, 0.25) is 0 Å². The lowest BCUT2D eigenvalue weighted by atomic mass is 9.92. The van der Waals surface area contributed by atoms with Gasteiger partial charge in [0.15, 0.2) is 0 Å². The SMILES string of the molecule is CNCCC(C)(O)Cc1c(F)ccc(Br)c1F. The molecule has 2 N–H and O–H groups in total. The first-order valence-corrected chi connectivity index (χ1v) is 6.16. The van der Waals surface area contributed by atoms with Gasteiger partial charge in [0.05, 0.1) is 10.1 Å². The molecule has 17 heavy (non-hydrogen) atoms. The van der Waals surface area contributed by atoms with Crippen LogP contribution < -0.4 is 5.32 Å². The lowest BCUT2D eigenvalue weighted by Gasteiger charge is -2.23. The van der Waals surface area contributed by atoms with Crippen molar-refractivity contribution >= 4 is 15.9 Å². The number of rotatable bonds is 5. The van der Waals surface area contributed by atoms with E-state index >= 15 is 0 Å². The first-order chi connectivity index (χ1) is 7.87. The van der Waals surface area contributed by atoms with Gasteiger partial charge in [-0.05, 0) is 55.0 Å². The zero-order valence-electron chi connectivity index (χ0n) is 9.86. The summed E-state index contributed by atoms with van der Waals surface area (Å²) in [6.07, 6.45) is 0.376. The first kappa shape index (κ1) is 14.5. The van der Waals surface area contributed by atoms with Crippen LogP contribution in [0.15, 0.2) is 16.6 Å². The zero-order chi connectivity index (χ0) is 13.1. The van der Waals surface area contributed by atoms with Crippen LogP contribution in [0.2, 0.25) is 0 Å². The van der Waals surface area contributed by atoms with Crippen LogP contribution in [0.1, 0.15) is 18.9 Å². The normalized spacial score (nSPS) is 14.7. The number of halogens is 3. The molecule has 0 heterocycles. The lowest BCUT2D eigenvalue weighted by Crippen LogP contribution is -2.32. The van der Waals surface area contributed by atoms with E-state index in [-0.39, 0.29) is 16.5 Å². The van der Waals surface area contributed by atoms with E-state index in [1.54, 1.807) is 14.0 Å². The third-order valence-electron chi connectivity index (χ3n) is 2.61. The minimum absolute atomic E-state index is 0.0498. The maximum absolute atomic E-state index is 13.7. The van der Waals surface area contributed by atoms with Gasteiger partial charge in [-0.3, -0.25) is 0 Å². The van der Waals surface area contributed by atoms with Crippen molar-refractivity contribution in [3.05, 3.63) is 33.8 Å². The molecule has 0 spiro atoms. The molecule has 0 saturated carbocycles. The van der Waals surface area contributed by atoms with Crippen LogP contribution in [0.5, 0.6) is 0 Å².